The van der Waals surface area contributed by atoms with Crippen LogP contribution in [0.3, 0.4) is 0 Å². The summed E-state index contributed by atoms with van der Waals surface area (Å²) in [7, 11) is 0. The van der Waals surface area contributed by atoms with E-state index in [-0.39, 0.29) is 18.4 Å². The zero-order valence-electron chi connectivity index (χ0n) is 20.3. The second-order valence-corrected chi connectivity index (χ2v) is 8.97. The van der Waals surface area contributed by atoms with E-state index in [9.17, 15) is 9.59 Å². The highest BCUT2D eigenvalue weighted by molar-refractivity contribution is 6.30. The number of carbonyl (C=O) groups excluding carboxylic acids is 2. The summed E-state index contributed by atoms with van der Waals surface area (Å²) < 4.78 is 16.0. The zero-order chi connectivity index (χ0) is 24.9. The number of nitrogens with zero attached hydrogens (tertiary/aromatic N) is 1. The van der Waals surface area contributed by atoms with Gasteiger partial charge in [-0.1, -0.05) is 61.3 Å². The van der Waals surface area contributed by atoms with Gasteiger partial charge in [0.25, 0.3) is 0 Å². The maximum absolute atomic E-state index is 12.4. The molecule has 1 saturated heterocycles. The number of hydrogen-bond donors (Lipinski definition) is 1. The molecule has 1 amide bonds. The van der Waals surface area contributed by atoms with E-state index in [0.717, 1.165) is 42.6 Å². The lowest BCUT2D eigenvalue weighted by Gasteiger charge is -2.26. The van der Waals surface area contributed by atoms with Gasteiger partial charge in [0.05, 0.1) is 25.9 Å². The Morgan fingerprint density at radius 1 is 1.06 bits per heavy atom. The van der Waals surface area contributed by atoms with Crippen LogP contribution in [0.2, 0.25) is 5.02 Å². The van der Waals surface area contributed by atoms with Crippen molar-refractivity contribution < 1.29 is 23.8 Å². The van der Waals surface area contributed by atoms with Gasteiger partial charge in [-0.25, -0.2) is 4.79 Å². The predicted molar refractivity (Wildman–Crippen MR) is 136 cm³/mol. The monoisotopic (exact) mass is 502 g/mol. The van der Waals surface area contributed by atoms with Gasteiger partial charge in [-0.15, -0.1) is 0 Å². The van der Waals surface area contributed by atoms with Crippen LogP contribution < -0.4 is 5.32 Å². The minimum Gasteiger partial charge on any atom is -0.464 e. The van der Waals surface area contributed by atoms with Gasteiger partial charge >= 0.3 is 12.1 Å². The molecule has 0 saturated carbocycles. The van der Waals surface area contributed by atoms with Crippen LogP contribution in [-0.2, 0) is 19.0 Å². The summed E-state index contributed by atoms with van der Waals surface area (Å²) in [5.41, 5.74) is 2.92. The molecule has 1 N–H and O–H groups in total. The summed E-state index contributed by atoms with van der Waals surface area (Å²) in [4.78, 5) is 26.9. The van der Waals surface area contributed by atoms with Crippen LogP contribution >= 0.6 is 11.6 Å². The quantitative estimate of drug-likeness (QED) is 0.316. The smallest absolute Gasteiger partial charge is 0.407 e. The largest absolute Gasteiger partial charge is 0.464 e. The first-order chi connectivity index (χ1) is 17.0. The molecule has 2 aromatic carbocycles. The highest BCUT2D eigenvalue weighted by Gasteiger charge is 2.18. The maximum atomic E-state index is 12.4. The maximum Gasteiger partial charge on any atom is 0.407 e. The standard InChI is InChI=1S/C27H35ClN2O5/c1-2-3-16-35-27(32)29-25(11-12-26(31)34-19-15-30-13-17-33-18-14-30)22-9-7-21(8-10-22)23-5-4-6-24(28)20-23/h4-10,20,25H,2-3,11-19H2,1H3,(H,29,32). The number of carbonyl (C=O) groups is 2. The number of rotatable bonds is 12. The van der Waals surface area contributed by atoms with E-state index in [1.165, 1.54) is 0 Å². The van der Waals surface area contributed by atoms with E-state index in [1.807, 2.05) is 55.5 Å². The van der Waals surface area contributed by atoms with Crippen LogP contribution in [0.4, 0.5) is 4.79 Å². The Kier molecular flexibility index (Phi) is 11.3. The minimum atomic E-state index is -0.483. The minimum absolute atomic E-state index is 0.194. The van der Waals surface area contributed by atoms with Crippen molar-refractivity contribution in [2.45, 2.75) is 38.6 Å². The fourth-order valence-corrected chi connectivity index (χ4v) is 4.03. The van der Waals surface area contributed by atoms with Gasteiger partial charge in [-0.05, 0) is 41.7 Å². The average molecular weight is 503 g/mol. The van der Waals surface area contributed by atoms with Crippen molar-refractivity contribution in [1.29, 1.82) is 0 Å². The number of morpholine rings is 1. The van der Waals surface area contributed by atoms with Crippen molar-refractivity contribution in [3.8, 4) is 11.1 Å². The summed E-state index contributed by atoms with van der Waals surface area (Å²) in [6, 6.07) is 15.2. The molecule has 0 radical (unpaired) electrons. The molecule has 1 atom stereocenters. The fraction of sp³-hybridized carbons (Fsp3) is 0.481. The Morgan fingerprint density at radius 3 is 2.54 bits per heavy atom. The van der Waals surface area contributed by atoms with Crippen LogP contribution in [0.5, 0.6) is 0 Å². The number of hydrogen-bond acceptors (Lipinski definition) is 6. The Labute approximate surface area is 212 Å². The molecule has 1 aliphatic heterocycles. The molecule has 190 valence electrons. The van der Waals surface area contributed by atoms with Gasteiger partial charge in [0.2, 0.25) is 0 Å². The number of unbranched alkanes of at least 4 members (excludes halogenated alkanes) is 1. The van der Waals surface area contributed by atoms with Crippen LogP contribution in [0.1, 0.15) is 44.2 Å². The summed E-state index contributed by atoms with van der Waals surface area (Å²) in [6.45, 7) is 6.60. The molecule has 1 unspecified atom stereocenters. The third-order valence-corrected chi connectivity index (χ3v) is 6.14. The molecule has 1 aliphatic rings. The molecule has 0 bridgehead atoms. The van der Waals surface area contributed by atoms with E-state index in [2.05, 4.69) is 10.2 Å². The normalized spacial score (nSPS) is 14.8. The number of ether oxygens (including phenoxy) is 3. The Morgan fingerprint density at radius 2 is 1.83 bits per heavy atom. The molecule has 0 aromatic heterocycles. The van der Waals surface area contributed by atoms with Crippen LogP contribution in [0, 0.1) is 0 Å². The number of alkyl carbamates (subject to hydrolysis) is 1. The van der Waals surface area contributed by atoms with Gasteiger partial charge in [0, 0.05) is 31.1 Å². The fourth-order valence-electron chi connectivity index (χ4n) is 3.84. The van der Waals surface area contributed by atoms with Crippen LogP contribution in [-0.4, -0.2) is 63.0 Å². The topological polar surface area (TPSA) is 77.1 Å². The van der Waals surface area contributed by atoms with E-state index < -0.39 is 6.09 Å². The lowest BCUT2D eigenvalue weighted by Crippen LogP contribution is -2.38. The molecule has 1 heterocycles. The third kappa shape index (κ3) is 9.51. The first-order valence-electron chi connectivity index (χ1n) is 12.3. The molecule has 8 heteroatoms. The van der Waals surface area contributed by atoms with Gasteiger partial charge in [-0.3, -0.25) is 9.69 Å². The highest BCUT2D eigenvalue weighted by Crippen LogP contribution is 2.26. The first-order valence-corrected chi connectivity index (χ1v) is 12.7. The van der Waals surface area contributed by atoms with Crippen molar-refractivity contribution in [3.63, 3.8) is 0 Å². The Hall–Kier alpha value is -2.61. The Bertz CT molecular complexity index is 931. The van der Waals surface area contributed by atoms with Gasteiger partial charge in [-0.2, -0.15) is 0 Å². The third-order valence-electron chi connectivity index (χ3n) is 5.91. The molecule has 1 fully saturated rings. The summed E-state index contributed by atoms with van der Waals surface area (Å²) in [5.74, 6) is -0.278. The second kappa shape index (κ2) is 14.7. The number of amides is 1. The molecular formula is C27H35ClN2O5. The lowest BCUT2D eigenvalue weighted by molar-refractivity contribution is -0.144. The van der Waals surface area contributed by atoms with Crippen molar-refractivity contribution in [2.24, 2.45) is 0 Å². The van der Waals surface area contributed by atoms with E-state index in [1.54, 1.807) is 0 Å². The van der Waals surface area contributed by atoms with Crippen molar-refractivity contribution in [3.05, 3.63) is 59.1 Å². The van der Waals surface area contributed by atoms with E-state index in [4.69, 9.17) is 25.8 Å². The molecule has 35 heavy (non-hydrogen) atoms. The number of benzene rings is 2. The van der Waals surface area contributed by atoms with E-state index in [0.29, 0.717) is 44.4 Å². The average Bonchev–Trinajstić information content (AvgIpc) is 2.87. The van der Waals surface area contributed by atoms with Crippen molar-refractivity contribution in [1.82, 2.24) is 10.2 Å². The Balaban J connectivity index is 1.57. The summed E-state index contributed by atoms with van der Waals surface area (Å²) >= 11 is 6.12. The lowest BCUT2D eigenvalue weighted by atomic mass is 9.98. The SMILES string of the molecule is CCCCOC(=O)NC(CCC(=O)OCCN1CCOCC1)c1ccc(-c2cccc(Cl)c2)cc1. The van der Waals surface area contributed by atoms with Crippen LogP contribution in [0.25, 0.3) is 11.1 Å². The first kappa shape index (κ1) is 27.0. The molecular weight excluding hydrogens is 468 g/mol. The van der Waals surface area contributed by atoms with Gasteiger partial charge in [0.15, 0.2) is 0 Å². The second-order valence-electron chi connectivity index (χ2n) is 8.53. The molecule has 3 rings (SSSR count). The summed E-state index contributed by atoms with van der Waals surface area (Å²) in [5, 5.41) is 3.59. The van der Waals surface area contributed by atoms with Crippen molar-refractivity contribution >= 4 is 23.7 Å². The number of halogens is 1. The highest BCUT2D eigenvalue weighted by atomic mass is 35.5. The summed E-state index contributed by atoms with van der Waals surface area (Å²) in [6.07, 6.45) is 1.87. The number of esters is 1. The van der Waals surface area contributed by atoms with Crippen LogP contribution in [0.15, 0.2) is 48.5 Å². The molecule has 0 spiro atoms. The van der Waals surface area contributed by atoms with E-state index >= 15 is 0 Å². The zero-order valence-corrected chi connectivity index (χ0v) is 21.1. The molecule has 2 aromatic rings. The van der Waals surface area contributed by atoms with Crippen molar-refractivity contribution in [2.75, 3.05) is 46.1 Å². The molecule has 0 aliphatic carbocycles. The number of nitrogens with one attached hydrogen (secondary N) is 1. The molecule has 7 nitrogen and oxygen atoms in total. The predicted octanol–water partition coefficient (Wildman–Crippen LogP) is 5.23. The van der Waals surface area contributed by atoms with Gasteiger partial charge in [0.1, 0.15) is 6.61 Å². The van der Waals surface area contributed by atoms with Gasteiger partial charge < -0.3 is 19.5 Å².